The van der Waals surface area contributed by atoms with E-state index in [-0.39, 0.29) is 5.76 Å². The summed E-state index contributed by atoms with van der Waals surface area (Å²) in [5.74, 6) is 5.57. The Bertz CT molecular complexity index is 575. The average Bonchev–Trinajstić information content (AvgIpc) is 2.95. The normalized spacial score (nSPS) is 10.3. The van der Waals surface area contributed by atoms with E-state index in [1.54, 1.807) is 12.1 Å². The molecule has 2 aromatic rings. The van der Waals surface area contributed by atoms with E-state index in [0.717, 1.165) is 12.1 Å². The molecule has 0 aliphatic rings. The highest BCUT2D eigenvalue weighted by molar-refractivity contribution is 5.90. The first-order valence-corrected chi connectivity index (χ1v) is 6.53. The smallest absolute Gasteiger partial charge is 0.300 e. The molecule has 1 aromatic carbocycles. The number of hydrogen-bond donors (Lipinski definition) is 2. The molecule has 0 saturated heterocycles. The molecule has 3 N–H and O–H groups in total. The van der Waals surface area contributed by atoms with Crippen molar-refractivity contribution in [2.45, 2.75) is 19.9 Å². The number of nitrogens with zero attached hydrogens (tertiary/aromatic N) is 1. The topological polar surface area (TPSA) is 71.5 Å². The molecule has 0 saturated carbocycles. The largest absolute Gasteiger partial charge is 0.454 e. The second kappa shape index (κ2) is 6.25. The lowest BCUT2D eigenvalue weighted by Crippen LogP contribution is -2.29. The number of nitrogens with one attached hydrogen (secondary N) is 1. The summed E-state index contributed by atoms with van der Waals surface area (Å²) in [4.78, 5) is 13.4. The molecule has 5 nitrogen and oxygen atoms in total. The van der Waals surface area contributed by atoms with Crippen molar-refractivity contribution >= 4 is 11.6 Å². The van der Waals surface area contributed by atoms with Gasteiger partial charge in [0.2, 0.25) is 0 Å². The van der Waals surface area contributed by atoms with Crippen molar-refractivity contribution in [1.29, 1.82) is 0 Å². The second-order valence-corrected chi connectivity index (χ2v) is 4.62. The lowest BCUT2D eigenvalue weighted by Gasteiger charge is -2.18. The van der Waals surface area contributed by atoms with Crippen LogP contribution in [0.5, 0.6) is 0 Å². The number of nitrogen functional groups attached to an aromatic ring is 1. The number of carbonyl (C=O) groups excluding carboxylic acids is 1. The summed E-state index contributed by atoms with van der Waals surface area (Å²) < 4.78 is 5.44. The van der Waals surface area contributed by atoms with E-state index in [1.165, 1.54) is 5.56 Å². The van der Waals surface area contributed by atoms with Gasteiger partial charge in [-0.2, -0.15) is 0 Å². The fourth-order valence-electron chi connectivity index (χ4n) is 1.97. The summed E-state index contributed by atoms with van der Waals surface area (Å²) in [6.45, 7) is 2.72. The Balaban J connectivity index is 2.04. The zero-order valence-electron chi connectivity index (χ0n) is 11.7. The van der Waals surface area contributed by atoms with Gasteiger partial charge in [0.25, 0.3) is 0 Å². The Kier molecular flexibility index (Phi) is 4.42. The minimum Gasteiger partial charge on any atom is -0.454 e. The highest BCUT2D eigenvalue weighted by Crippen LogP contribution is 2.18. The lowest BCUT2D eigenvalue weighted by atomic mass is 10.1. The van der Waals surface area contributed by atoms with Crippen LogP contribution in [0, 0.1) is 0 Å². The van der Waals surface area contributed by atoms with Gasteiger partial charge in [0.1, 0.15) is 5.76 Å². The number of carbonyl (C=O) groups is 1. The number of benzene rings is 1. The monoisotopic (exact) mass is 273 g/mol. The van der Waals surface area contributed by atoms with E-state index in [4.69, 9.17) is 10.3 Å². The fourth-order valence-corrected chi connectivity index (χ4v) is 1.97. The van der Waals surface area contributed by atoms with Crippen molar-refractivity contribution in [1.82, 2.24) is 5.43 Å². The van der Waals surface area contributed by atoms with Gasteiger partial charge in [-0.25, -0.2) is 5.84 Å². The van der Waals surface area contributed by atoms with Crippen LogP contribution in [-0.4, -0.2) is 13.0 Å². The van der Waals surface area contributed by atoms with Crippen LogP contribution in [0.15, 0.2) is 40.8 Å². The van der Waals surface area contributed by atoms with Gasteiger partial charge < -0.3 is 9.32 Å². The molecule has 106 valence electrons. The third-order valence-corrected chi connectivity index (χ3v) is 3.19. The SMILES string of the molecule is CCc1ccc(N(C)Cc2ccc(C(=O)NN)o2)cc1. The highest BCUT2D eigenvalue weighted by Gasteiger charge is 2.11. The first kappa shape index (κ1) is 14.1. The van der Waals surface area contributed by atoms with Crippen molar-refractivity contribution in [3.63, 3.8) is 0 Å². The quantitative estimate of drug-likeness (QED) is 0.497. The van der Waals surface area contributed by atoms with Crippen LogP contribution in [0.2, 0.25) is 0 Å². The Morgan fingerprint density at radius 3 is 2.55 bits per heavy atom. The average molecular weight is 273 g/mol. The molecular formula is C15H19N3O2. The predicted molar refractivity (Wildman–Crippen MR) is 78.3 cm³/mol. The molecule has 0 aliphatic heterocycles. The van der Waals surface area contributed by atoms with Crippen LogP contribution >= 0.6 is 0 Å². The minimum absolute atomic E-state index is 0.220. The van der Waals surface area contributed by atoms with Gasteiger partial charge >= 0.3 is 5.91 Å². The van der Waals surface area contributed by atoms with Gasteiger partial charge in [-0.05, 0) is 36.2 Å². The van der Waals surface area contributed by atoms with Crippen LogP contribution in [-0.2, 0) is 13.0 Å². The lowest BCUT2D eigenvalue weighted by molar-refractivity contribution is 0.0924. The van der Waals surface area contributed by atoms with E-state index >= 15 is 0 Å². The summed E-state index contributed by atoms with van der Waals surface area (Å²) in [7, 11) is 1.98. The van der Waals surface area contributed by atoms with Crippen LogP contribution in [0.3, 0.4) is 0 Å². The zero-order chi connectivity index (χ0) is 14.5. The van der Waals surface area contributed by atoms with Crippen LogP contribution < -0.4 is 16.2 Å². The van der Waals surface area contributed by atoms with Gasteiger partial charge in [-0.1, -0.05) is 19.1 Å². The summed E-state index contributed by atoms with van der Waals surface area (Å²) in [6.07, 6.45) is 1.03. The van der Waals surface area contributed by atoms with E-state index in [2.05, 4.69) is 36.1 Å². The van der Waals surface area contributed by atoms with Crippen LogP contribution in [0.4, 0.5) is 5.69 Å². The molecule has 20 heavy (non-hydrogen) atoms. The molecule has 0 unspecified atom stereocenters. The van der Waals surface area contributed by atoms with Crippen LogP contribution in [0.1, 0.15) is 28.8 Å². The Morgan fingerprint density at radius 1 is 1.25 bits per heavy atom. The number of amides is 1. The highest BCUT2D eigenvalue weighted by atomic mass is 16.4. The maximum absolute atomic E-state index is 11.3. The minimum atomic E-state index is -0.425. The summed E-state index contributed by atoms with van der Waals surface area (Å²) >= 11 is 0. The first-order valence-electron chi connectivity index (χ1n) is 6.53. The zero-order valence-corrected chi connectivity index (χ0v) is 11.7. The molecule has 0 bridgehead atoms. The summed E-state index contributed by atoms with van der Waals surface area (Å²) in [5.41, 5.74) is 4.45. The Morgan fingerprint density at radius 2 is 1.95 bits per heavy atom. The maximum atomic E-state index is 11.3. The van der Waals surface area contributed by atoms with Crippen molar-refractivity contribution < 1.29 is 9.21 Å². The second-order valence-electron chi connectivity index (χ2n) is 4.62. The molecule has 1 heterocycles. The van der Waals surface area contributed by atoms with Gasteiger partial charge in [0, 0.05) is 12.7 Å². The third-order valence-electron chi connectivity index (χ3n) is 3.19. The molecule has 0 fully saturated rings. The Hall–Kier alpha value is -2.27. The number of aryl methyl sites for hydroxylation is 1. The molecule has 0 spiro atoms. The predicted octanol–water partition coefficient (Wildman–Crippen LogP) is 2.08. The van der Waals surface area contributed by atoms with Crippen LogP contribution in [0.25, 0.3) is 0 Å². The number of nitrogens with two attached hydrogens (primary N) is 1. The summed E-state index contributed by atoms with van der Waals surface area (Å²) in [6, 6.07) is 11.8. The van der Waals surface area contributed by atoms with E-state index in [0.29, 0.717) is 12.3 Å². The molecule has 5 heteroatoms. The molecule has 1 aromatic heterocycles. The number of rotatable bonds is 5. The van der Waals surface area contributed by atoms with Gasteiger partial charge in [-0.15, -0.1) is 0 Å². The molecule has 0 aliphatic carbocycles. The van der Waals surface area contributed by atoms with Crippen molar-refractivity contribution in [2.24, 2.45) is 5.84 Å². The number of furan rings is 1. The van der Waals surface area contributed by atoms with Gasteiger partial charge in [-0.3, -0.25) is 10.2 Å². The summed E-state index contributed by atoms with van der Waals surface area (Å²) in [5, 5.41) is 0. The maximum Gasteiger partial charge on any atom is 0.300 e. The third kappa shape index (κ3) is 3.19. The van der Waals surface area contributed by atoms with E-state index in [9.17, 15) is 4.79 Å². The van der Waals surface area contributed by atoms with Crippen molar-refractivity contribution in [3.05, 3.63) is 53.5 Å². The van der Waals surface area contributed by atoms with E-state index < -0.39 is 5.91 Å². The number of anilines is 1. The standard InChI is InChI=1S/C15H19N3O2/c1-3-11-4-6-12(7-5-11)18(2)10-13-8-9-14(20-13)15(19)17-16/h4-9H,3,10,16H2,1-2H3,(H,17,19). The molecule has 0 atom stereocenters. The molecule has 1 amide bonds. The first-order chi connectivity index (χ1) is 9.63. The Labute approximate surface area is 118 Å². The van der Waals surface area contributed by atoms with Crippen molar-refractivity contribution in [3.8, 4) is 0 Å². The number of hydrazine groups is 1. The van der Waals surface area contributed by atoms with Gasteiger partial charge in [0.15, 0.2) is 5.76 Å². The number of hydrogen-bond acceptors (Lipinski definition) is 4. The van der Waals surface area contributed by atoms with Crippen molar-refractivity contribution in [2.75, 3.05) is 11.9 Å². The molecule has 0 radical (unpaired) electrons. The molecular weight excluding hydrogens is 254 g/mol. The van der Waals surface area contributed by atoms with Gasteiger partial charge in [0.05, 0.1) is 6.54 Å². The van der Waals surface area contributed by atoms with E-state index in [1.807, 2.05) is 12.5 Å². The fraction of sp³-hybridized carbons (Fsp3) is 0.267. The molecule has 2 rings (SSSR count).